The van der Waals surface area contributed by atoms with E-state index in [-0.39, 0.29) is 11.9 Å². The van der Waals surface area contributed by atoms with Crippen LogP contribution in [0.15, 0.2) is 6.07 Å². The van der Waals surface area contributed by atoms with Crippen molar-refractivity contribution < 1.29 is 4.79 Å². The van der Waals surface area contributed by atoms with Crippen LogP contribution in [-0.2, 0) is 0 Å². The monoisotopic (exact) mass is 247 g/mol. The van der Waals surface area contributed by atoms with Crippen molar-refractivity contribution >= 4 is 29.1 Å². The molecule has 6 heteroatoms. The number of halogens is 2. The maximum absolute atomic E-state index is 11.9. The number of carbonyl (C=O) groups is 1. The lowest BCUT2D eigenvalue weighted by Crippen LogP contribution is -2.32. The van der Waals surface area contributed by atoms with E-state index >= 15 is 0 Å². The van der Waals surface area contributed by atoms with E-state index in [0.717, 1.165) is 6.42 Å². The molecule has 0 aliphatic carbocycles. The summed E-state index contributed by atoms with van der Waals surface area (Å²) in [7, 11) is 0. The zero-order valence-electron chi connectivity index (χ0n) is 7.96. The average Bonchev–Trinajstić information content (AvgIpc) is 2.74. The Bertz CT molecular complexity index is 371. The molecule has 3 N–H and O–H groups in total. The number of hydrogen-bond acceptors (Lipinski definition) is 2. The number of hydrogen-bond donors (Lipinski definition) is 2. The largest absolute Gasteiger partial charge is 0.340 e. The Morgan fingerprint density at radius 3 is 2.80 bits per heavy atom. The van der Waals surface area contributed by atoms with Crippen LogP contribution >= 0.6 is 23.2 Å². The van der Waals surface area contributed by atoms with E-state index in [1.54, 1.807) is 4.90 Å². The van der Waals surface area contributed by atoms with Gasteiger partial charge in [-0.1, -0.05) is 23.2 Å². The topological polar surface area (TPSA) is 62.1 Å². The van der Waals surface area contributed by atoms with Crippen molar-refractivity contribution in [2.45, 2.75) is 12.5 Å². The van der Waals surface area contributed by atoms with E-state index in [0.29, 0.717) is 29.0 Å². The van der Waals surface area contributed by atoms with Crippen LogP contribution in [0, 0.1) is 0 Å². The Hall–Kier alpha value is -0.710. The van der Waals surface area contributed by atoms with Gasteiger partial charge in [-0.2, -0.15) is 0 Å². The van der Waals surface area contributed by atoms with Crippen LogP contribution < -0.4 is 5.73 Å². The molecule has 1 saturated heterocycles. The molecule has 82 valence electrons. The maximum Gasteiger partial charge on any atom is 0.270 e. The highest BCUT2D eigenvalue weighted by Gasteiger charge is 2.25. The van der Waals surface area contributed by atoms with Gasteiger partial charge >= 0.3 is 0 Å². The van der Waals surface area contributed by atoms with Crippen molar-refractivity contribution in [3.8, 4) is 0 Å². The molecular weight excluding hydrogens is 237 g/mol. The molecule has 1 amide bonds. The molecule has 2 rings (SSSR count). The van der Waals surface area contributed by atoms with Crippen LogP contribution in [-0.4, -0.2) is 34.9 Å². The quantitative estimate of drug-likeness (QED) is 0.790. The summed E-state index contributed by atoms with van der Waals surface area (Å²) in [4.78, 5) is 16.3. The molecule has 0 saturated carbocycles. The minimum absolute atomic E-state index is 0.0786. The maximum atomic E-state index is 11.9. The number of nitrogens with two attached hydrogens (primary N) is 1. The zero-order chi connectivity index (χ0) is 11.0. The lowest BCUT2D eigenvalue weighted by molar-refractivity contribution is 0.0786. The van der Waals surface area contributed by atoms with E-state index in [4.69, 9.17) is 28.9 Å². The minimum atomic E-state index is -0.100. The molecule has 1 aliphatic rings. The molecule has 15 heavy (non-hydrogen) atoms. The van der Waals surface area contributed by atoms with Crippen molar-refractivity contribution in [3.05, 3.63) is 21.9 Å². The number of nitrogens with zero attached hydrogens (tertiary/aromatic N) is 1. The van der Waals surface area contributed by atoms with Gasteiger partial charge in [0.2, 0.25) is 0 Å². The van der Waals surface area contributed by atoms with Crippen LogP contribution in [0.25, 0.3) is 0 Å². The summed E-state index contributed by atoms with van der Waals surface area (Å²) in [6.07, 6.45) is 0.841. The summed E-state index contributed by atoms with van der Waals surface area (Å²) in [6.45, 7) is 1.28. The fourth-order valence-electron chi connectivity index (χ4n) is 1.66. The standard InChI is InChI=1S/C9H11Cl2N3O/c10-6-3-7(13-8(6)11)9(15)14-2-1-5(12)4-14/h3,5,13H,1-2,4,12H2/t5-/m1/s1. The summed E-state index contributed by atoms with van der Waals surface area (Å²) in [5, 5.41) is 0.659. The molecule has 0 radical (unpaired) electrons. The number of aromatic amines is 1. The predicted molar refractivity (Wildman–Crippen MR) is 59.3 cm³/mol. The van der Waals surface area contributed by atoms with Gasteiger partial charge < -0.3 is 15.6 Å². The fraction of sp³-hybridized carbons (Fsp3) is 0.444. The number of carbonyl (C=O) groups excluding carboxylic acids is 1. The molecule has 0 bridgehead atoms. The lowest BCUT2D eigenvalue weighted by Gasteiger charge is -2.14. The zero-order valence-corrected chi connectivity index (χ0v) is 9.48. The Morgan fingerprint density at radius 1 is 1.60 bits per heavy atom. The first kappa shape index (κ1) is 10.8. The van der Waals surface area contributed by atoms with Gasteiger partial charge in [-0.15, -0.1) is 0 Å². The van der Waals surface area contributed by atoms with Gasteiger partial charge in [0, 0.05) is 19.1 Å². The third-order valence-electron chi connectivity index (χ3n) is 2.47. The van der Waals surface area contributed by atoms with E-state index < -0.39 is 0 Å². The van der Waals surface area contributed by atoms with E-state index in [1.807, 2.05) is 0 Å². The Labute approximate surface area is 97.3 Å². The Kier molecular flexibility index (Phi) is 2.91. The number of H-pyrrole nitrogens is 1. The smallest absolute Gasteiger partial charge is 0.270 e. The van der Waals surface area contributed by atoms with Crippen molar-refractivity contribution in [1.82, 2.24) is 9.88 Å². The highest BCUT2D eigenvalue weighted by Crippen LogP contribution is 2.23. The minimum Gasteiger partial charge on any atom is -0.340 e. The van der Waals surface area contributed by atoms with Gasteiger partial charge in [0.25, 0.3) is 5.91 Å². The molecule has 0 aromatic carbocycles. The Balaban J connectivity index is 2.14. The summed E-state index contributed by atoms with van der Waals surface area (Å²) in [5.74, 6) is -0.100. The van der Waals surface area contributed by atoms with Crippen LogP contribution in [0.1, 0.15) is 16.9 Å². The van der Waals surface area contributed by atoms with Gasteiger partial charge in [-0.25, -0.2) is 0 Å². The molecule has 1 aromatic rings. The second-order valence-electron chi connectivity index (χ2n) is 3.64. The van der Waals surface area contributed by atoms with Crippen LogP contribution in [0.5, 0.6) is 0 Å². The first-order valence-electron chi connectivity index (χ1n) is 4.67. The second-order valence-corrected chi connectivity index (χ2v) is 4.43. The molecular formula is C9H11Cl2N3O. The van der Waals surface area contributed by atoms with Crippen molar-refractivity contribution in [2.24, 2.45) is 5.73 Å². The second kappa shape index (κ2) is 4.04. The van der Waals surface area contributed by atoms with Crippen LogP contribution in [0.3, 0.4) is 0 Å². The van der Waals surface area contributed by atoms with E-state index in [9.17, 15) is 4.79 Å². The molecule has 0 unspecified atom stereocenters. The number of aromatic nitrogens is 1. The summed E-state index contributed by atoms with van der Waals surface area (Å²) >= 11 is 11.5. The highest BCUT2D eigenvalue weighted by atomic mass is 35.5. The number of amides is 1. The SMILES string of the molecule is N[C@@H]1CCN(C(=O)c2cc(Cl)c(Cl)[nH]2)C1. The summed E-state index contributed by atoms with van der Waals surface area (Å²) in [5.41, 5.74) is 6.14. The van der Waals surface area contributed by atoms with Gasteiger partial charge in [0.05, 0.1) is 5.02 Å². The van der Waals surface area contributed by atoms with Gasteiger partial charge in [-0.05, 0) is 12.5 Å². The van der Waals surface area contributed by atoms with Gasteiger partial charge in [0.15, 0.2) is 0 Å². The third kappa shape index (κ3) is 2.12. The predicted octanol–water partition coefficient (Wildman–Crippen LogP) is 1.49. The van der Waals surface area contributed by atoms with E-state index in [1.165, 1.54) is 6.07 Å². The molecule has 4 nitrogen and oxygen atoms in total. The molecule has 2 heterocycles. The Morgan fingerprint density at radius 2 is 2.33 bits per heavy atom. The number of rotatable bonds is 1. The number of nitrogens with one attached hydrogen (secondary N) is 1. The van der Waals surface area contributed by atoms with Crippen molar-refractivity contribution in [1.29, 1.82) is 0 Å². The highest BCUT2D eigenvalue weighted by molar-refractivity contribution is 6.41. The molecule has 1 atom stereocenters. The molecule has 1 fully saturated rings. The molecule has 1 aromatic heterocycles. The summed E-state index contributed by atoms with van der Waals surface area (Å²) < 4.78 is 0. The molecule has 0 spiro atoms. The number of likely N-dealkylation sites (tertiary alicyclic amines) is 1. The van der Waals surface area contributed by atoms with Gasteiger partial charge in [-0.3, -0.25) is 4.79 Å². The lowest BCUT2D eigenvalue weighted by atomic mass is 10.3. The third-order valence-corrected chi connectivity index (χ3v) is 3.16. The van der Waals surface area contributed by atoms with Crippen molar-refractivity contribution in [3.63, 3.8) is 0 Å². The first-order valence-corrected chi connectivity index (χ1v) is 5.42. The normalized spacial score (nSPS) is 21.0. The first-order chi connectivity index (χ1) is 7.08. The fourth-order valence-corrected chi connectivity index (χ4v) is 1.97. The van der Waals surface area contributed by atoms with Crippen LogP contribution in [0.4, 0.5) is 0 Å². The van der Waals surface area contributed by atoms with Crippen molar-refractivity contribution in [2.75, 3.05) is 13.1 Å². The molecule has 1 aliphatic heterocycles. The summed E-state index contributed by atoms with van der Waals surface area (Å²) in [6, 6.07) is 1.62. The van der Waals surface area contributed by atoms with Crippen LogP contribution in [0.2, 0.25) is 10.2 Å². The van der Waals surface area contributed by atoms with Gasteiger partial charge in [0.1, 0.15) is 10.8 Å². The average molecular weight is 248 g/mol. The van der Waals surface area contributed by atoms with E-state index in [2.05, 4.69) is 4.98 Å².